The zero-order chi connectivity index (χ0) is 20.2. The number of rotatable bonds is 2. The largest absolute Gasteiger partial charge is 0.481 e. The zero-order valence-corrected chi connectivity index (χ0v) is 17.4. The highest BCUT2D eigenvalue weighted by Gasteiger charge is 2.44. The van der Waals surface area contributed by atoms with Gasteiger partial charge in [0.15, 0.2) is 0 Å². The van der Waals surface area contributed by atoms with Crippen molar-refractivity contribution in [3.63, 3.8) is 0 Å². The van der Waals surface area contributed by atoms with E-state index in [0.29, 0.717) is 0 Å². The Morgan fingerprint density at radius 3 is 2.48 bits per heavy atom. The molecule has 0 spiro atoms. The van der Waals surface area contributed by atoms with Gasteiger partial charge in [-0.1, -0.05) is 54.6 Å². The van der Waals surface area contributed by atoms with Gasteiger partial charge in [-0.2, -0.15) is 0 Å². The predicted molar refractivity (Wildman–Crippen MR) is 116 cm³/mol. The lowest BCUT2D eigenvalue weighted by Gasteiger charge is -2.45. The summed E-state index contributed by atoms with van der Waals surface area (Å²) in [7, 11) is 1.80. The fourth-order valence-corrected chi connectivity index (χ4v) is 5.13. The molecule has 2 aliphatic heterocycles. The molecule has 1 N–H and O–H groups in total. The second-order valence-corrected chi connectivity index (χ2v) is 8.71. The number of nitrogens with one attached hydrogen (secondary N) is 1. The molecule has 1 aliphatic carbocycles. The Kier molecular flexibility index (Phi) is 4.18. The van der Waals surface area contributed by atoms with Crippen molar-refractivity contribution in [2.45, 2.75) is 44.4 Å². The van der Waals surface area contributed by atoms with E-state index in [4.69, 9.17) is 9.47 Å². The number of fused-ring (bicyclic) bond motifs is 4. The van der Waals surface area contributed by atoms with Gasteiger partial charge in [0.25, 0.3) is 0 Å². The average Bonchev–Trinajstić information content (AvgIpc) is 2.71. The van der Waals surface area contributed by atoms with Gasteiger partial charge in [0.2, 0.25) is 0 Å². The average molecular weight is 386 g/mol. The van der Waals surface area contributed by atoms with Crippen LogP contribution in [0.4, 0.5) is 0 Å². The van der Waals surface area contributed by atoms with Crippen LogP contribution < -0.4 is 10.1 Å². The maximum Gasteiger partial charge on any atom is 0.147 e. The minimum Gasteiger partial charge on any atom is -0.481 e. The van der Waals surface area contributed by atoms with E-state index in [1.54, 1.807) is 7.11 Å². The summed E-state index contributed by atoms with van der Waals surface area (Å²) in [5.41, 5.74) is 7.27. The molecule has 0 aromatic heterocycles. The van der Waals surface area contributed by atoms with Gasteiger partial charge in [0, 0.05) is 29.9 Å². The number of methoxy groups -OCH3 is 1. The van der Waals surface area contributed by atoms with Crippen molar-refractivity contribution in [1.29, 1.82) is 0 Å². The molecule has 0 saturated heterocycles. The molecule has 0 bridgehead atoms. The number of benzene rings is 2. The van der Waals surface area contributed by atoms with Crippen LogP contribution in [0.1, 0.15) is 43.9 Å². The zero-order valence-electron chi connectivity index (χ0n) is 17.4. The van der Waals surface area contributed by atoms with Gasteiger partial charge in [-0.3, -0.25) is 0 Å². The van der Waals surface area contributed by atoms with Crippen LogP contribution in [0, 0.1) is 0 Å². The molecule has 0 fully saturated rings. The fourth-order valence-electron chi connectivity index (χ4n) is 5.13. The van der Waals surface area contributed by atoms with Crippen molar-refractivity contribution in [3.05, 3.63) is 100 Å². The smallest absolute Gasteiger partial charge is 0.147 e. The summed E-state index contributed by atoms with van der Waals surface area (Å²) in [5, 5.41) is 3.71. The maximum absolute atomic E-state index is 6.63. The molecule has 3 heteroatoms. The summed E-state index contributed by atoms with van der Waals surface area (Å²) < 4.78 is 12.7. The Labute approximate surface area is 172 Å². The van der Waals surface area contributed by atoms with Gasteiger partial charge in [0.05, 0.1) is 11.6 Å². The molecule has 3 unspecified atom stereocenters. The second kappa shape index (κ2) is 6.64. The number of hydrogen-bond donors (Lipinski definition) is 1. The highest BCUT2D eigenvalue weighted by molar-refractivity contribution is 5.63. The summed E-state index contributed by atoms with van der Waals surface area (Å²) in [4.78, 5) is 0. The molecule has 2 aromatic rings. The van der Waals surface area contributed by atoms with Crippen LogP contribution in [-0.2, 0) is 4.74 Å². The highest BCUT2D eigenvalue weighted by atomic mass is 16.5. The first-order valence-corrected chi connectivity index (χ1v) is 10.3. The first-order valence-electron chi connectivity index (χ1n) is 10.3. The number of ether oxygens (including phenoxy) is 2. The van der Waals surface area contributed by atoms with Crippen molar-refractivity contribution in [3.8, 4) is 5.75 Å². The van der Waals surface area contributed by atoms with E-state index >= 15 is 0 Å². The van der Waals surface area contributed by atoms with Crippen LogP contribution in [0.5, 0.6) is 5.75 Å². The minimum atomic E-state index is -0.140. The van der Waals surface area contributed by atoms with Gasteiger partial charge in [-0.05, 0) is 49.6 Å². The van der Waals surface area contributed by atoms with Crippen LogP contribution in [-0.4, -0.2) is 18.8 Å². The number of allylic oxidation sites excluding steroid dienone is 1. The molecule has 148 valence electrons. The Morgan fingerprint density at radius 1 is 1.00 bits per heavy atom. The first-order chi connectivity index (χ1) is 14.0. The third-order valence-electron chi connectivity index (χ3n) is 6.14. The van der Waals surface area contributed by atoms with Gasteiger partial charge in [0.1, 0.15) is 11.9 Å². The fraction of sp³-hybridized carbons (Fsp3) is 0.308. The van der Waals surface area contributed by atoms with E-state index in [0.717, 1.165) is 11.4 Å². The lowest BCUT2D eigenvalue weighted by atomic mass is 9.70. The van der Waals surface area contributed by atoms with Crippen molar-refractivity contribution >= 4 is 0 Å². The van der Waals surface area contributed by atoms with Crippen molar-refractivity contribution in [2.24, 2.45) is 0 Å². The first kappa shape index (κ1) is 18.3. The number of hydrogen-bond acceptors (Lipinski definition) is 3. The monoisotopic (exact) mass is 385 g/mol. The third kappa shape index (κ3) is 2.92. The maximum atomic E-state index is 6.63. The molecule has 3 nitrogen and oxygen atoms in total. The summed E-state index contributed by atoms with van der Waals surface area (Å²) in [6.07, 6.45) is 4.39. The molecule has 29 heavy (non-hydrogen) atoms. The van der Waals surface area contributed by atoms with E-state index in [-0.39, 0.29) is 23.7 Å². The molecule has 0 radical (unpaired) electrons. The molecule has 5 rings (SSSR count). The second-order valence-electron chi connectivity index (χ2n) is 8.71. The summed E-state index contributed by atoms with van der Waals surface area (Å²) in [6, 6.07) is 18.9. The Balaban J connectivity index is 1.81. The van der Waals surface area contributed by atoms with Crippen LogP contribution in [0.3, 0.4) is 0 Å². The van der Waals surface area contributed by atoms with Crippen molar-refractivity contribution in [1.82, 2.24) is 5.32 Å². The quantitative estimate of drug-likeness (QED) is 0.747. The molecule has 2 heterocycles. The third-order valence-corrected chi connectivity index (χ3v) is 6.14. The van der Waals surface area contributed by atoms with Crippen LogP contribution in [0.2, 0.25) is 0 Å². The van der Waals surface area contributed by atoms with Crippen molar-refractivity contribution in [2.75, 3.05) is 7.11 Å². The van der Waals surface area contributed by atoms with Gasteiger partial charge in [-0.15, -0.1) is 0 Å². The van der Waals surface area contributed by atoms with E-state index < -0.39 is 0 Å². The Bertz CT molecular complexity index is 1050. The summed E-state index contributed by atoms with van der Waals surface area (Å²) in [6.45, 7) is 6.62. The predicted octanol–water partition coefficient (Wildman–Crippen LogP) is 5.44. The van der Waals surface area contributed by atoms with Gasteiger partial charge in [-0.25, -0.2) is 0 Å². The molecule has 3 aliphatic rings. The standard InChI is InChI=1S/C26H27NO2/c1-16-15-26(2,3)27-19-14-21(28-4)23-18-12-8-9-13-20(18)29-25(24(23)22(16)19)17-10-6-5-7-11-17/h5-15,21,23,25,27H,1-4H3. The van der Waals surface area contributed by atoms with Crippen LogP contribution >= 0.6 is 0 Å². The summed E-state index contributed by atoms with van der Waals surface area (Å²) in [5.74, 6) is 1.07. The Hall–Kier alpha value is -2.78. The van der Waals surface area contributed by atoms with Gasteiger partial charge >= 0.3 is 0 Å². The Morgan fingerprint density at radius 2 is 1.72 bits per heavy atom. The van der Waals surface area contributed by atoms with E-state index in [9.17, 15) is 0 Å². The molecular formula is C26H27NO2. The molecule has 2 aromatic carbocycles. The number of para-hydroxylation sites is 1. The lowest BCUT2D eigenvalue weighted by molar-refractivity contribution is 0.101. The summed E-state index contributed by atoms with van der Waals surface area (Å²) >= 11 is 0. The van der Waals surface area contributed by atoms with E-state index in [1.165, 1.54) is 27.8 Å². The topological polar surface area (TPSA) is 30.5 Å². The minimum absolute atomic E-state index is 0.0470. The lowest BCUT2D eigenvalue weighted by Crippen LogP contribution is -2.45. The van der Waals surface area contributed by atoms with Crippen molar-refractivity contribution < 1.29 is 9.47 Å². The van der Waals surface area contributed by atoms with Crippen LogP contribution in [0.15, 0.2) is 89.2 Å². The molecule has 3 atom stereocenters. The van der Waals surface area contributed by atoms with E-state index in [2.05, 4.69) is 86.8 Å². The molecule has 0 saturated carbocycles. The van der Waals surface area contributed by atoms with E-state index in [1.807, 2.05) is 6.07 Å². The molecular weight excluding hydrogens is 358 g/mol. The van der Waals surface area contributed by atoms with Crippen LogP contribution in [0.25, 0.3) is 0 Å². The van der Waals surface area contributed by atoms with Gasteiger partial charge < -0.3 is 14.8 Å². The molecule has 0 amide bonds. The normalized spacial score (nSPS) is 26.8. The SMILES string of the molecule is COC1C=C2NC(C)(C)C=C(C)C2=C2C(c3ccccc3)Oc3ccccc3C21. The highest BCUT2D eigenvalue weighted by Crippen LogP contribution is 2.53.